The number of sulfonamides is 1. The maximum atomic E-state index is 12.8. The fraction of sp³-hybridized carbons (Fsp3) is 0.304. The van der Waals surface area contributed by atoms with Crippen LogP contribution in [0.5, 0.6) is 0 Å². The number of carbonyl (C=O) groups is 1. The Bertz CT molecular complexity index is 1190. The van der Waals surface area contributed by atoms with E-state index in [-0.39, 0.29) is 17.7 Å². The van der Waals surface area contributed by atoms with Gasteiger partial charge in [-0.3, -0.25) is 4.79 Å². The first-order valence-corrected chi connectivity index (χ1v) is 12.4. The van der Waals surface area contributed by atoms with E-state index in [0.29, 0.717) is 29.1 Å². The van der Waals surface area contributed by atoms with E-state index in [2.05, 4.69) is 15.1 Å². The van der Waals surface area contributed by atoms with Crippen molar-refractivity contribution in [2.24, 2.45) is 0 Å². The summed E-state index contributed by atoms with van der Waals surface area (Å²) in [4.78, 5) is 12.8. The van der Waals surface area contributed by atoms with Gasteiger partial charge in [-0.1, -0.05) is 48.9 Å². The molecule has 3 rings (SSSR count). The summed E-state index contributed by atoms with van der Waals surface area (Å²) in [6, 6.07) is 14.3. The zero-order valence-electron chi connectivity index (χ0n) is 18.3. The van der Waals surface area contributed by atoms with E-state index < -0.39 is 10.0 Å². The van der Waals surface area contributed by atoms with E-state index in [1.54, 1.807) is 49.0 Å². The summed E-state index contributed by atoms with van der Waals surface area (Å²) in [5, 5.41) is 7.89. The molecular formula is C23H27ClN4O3S. The lowest BCUT2D eigenvalue weighted by Gasteiger charge is -2.11. The van der Waals surface area contributed by atoms with Gasteiger partial charge in [0.2, 0.25) is 10.0 Å². The third-order valence-corrected chi connectivity index (χ3v) is 6.53. The number of hydrogen-bond acceptors (Lipinski definition) is 4. The van der Waals surface area contributed by atoms with Crippen LogP contribution in [0.2, 0.25) is 5.02 Å². The van der Waals surface area contributed by atoms with Gasteiger partial charge in [-0.2, -0.15) is 5.10 Å². The summed E-state index contributed by atoms with van der Waals surface area (Å²) in [6.45, 7) is 5.86. The predicted octanol–water partition coefficient (Wildman–Crippen LogP) is 3.85. The van der Waals surface area contributed by atoms with Crippen molar-refractivity contribution < 1.29 is 13.2 Å². The summed E-state index contributed by atoms with van der Waals surface area (Å²) in [6.07, 6.45) is 2.19. The molecule has 2 aromatic carbocycles. The molecule has 0 radical (unpaired) electrons. The van der Waals surface area contributed by atoms with Crippen molar-refractivity contribution >= 4 is 27.5 Å². The first-order chi connectivity index (χ1) is 15.2. The van der Waals surface area contributed by atoms with Crippen molar-refractivity contribution in [2.75, 3.05) is 0 Å². The molecule has 170 valence electrons. The second-order valence-electron chi connectivity index (χ2n) is 7.78. The standard InChI is InChI=1S/C23H27ClN4O3S/c1-4-22-21(14-26-28(22)20-7-5-6-19(24)12-20)23(29)25-13-17-8-10-18(11-9-17)15-32(30,31)27-16(2)3/h5-12,14,16,27H,4,13,15H2,1-3H3,(H,25,29). The second kappa shape index (κ2) is 10.3. The molecule has 9 heteroatoms. The van der Waals surface area contributed by atoms with E-state index in [9.17, 15) is 13.2 Å². The molecule has 0 fully saturated rings. The molecule has 3 aromatic rings. The highest BCUT2D eigenvalue weighted by Crippen LogP contribution is 2.19. The minimum Gasteiger partial charge on any atom is -0.348 e. The van der Waals surface area contributed by atoms with Crippen LogP contribution < -0.4 is 10.0 Å². The molecule has 0 saturated carbocycles. The van der Waals surface area contributed by atoms with Crippen molar-refractivity contribution in [1.82, 2.24) is 19.8 Å². The zero-order chi connectivity index (χ0) is 23.3. The van der Waals surface area contributed by atoms with Gasteiger partial charge in [0.25, 0.3) is 5.91 Å². The molecule has 0 bridgehead atoms. The predicted molar refractivity (Wildman–Crippen MR) is 126 cm³/mol. The van der Waals surface area contributed by atoms with Gasteiger partial charge in [0.15, 0.2) is 0 Å². The lowest BCUT2D eigenvalue weighted by Crippen LogP contribution is -2.31. The molecule has 1 aromatic heterocycles. The number of rotatable bonds is 9. The molecule has 0 aliphatic carbocycles. The number of carbonyl (C=O) groups excluding carboxylic acids is 1. The molecule has 0 saturated heterocycles. The van der Waals surface area contributed by atoms with Crippen LogP contribution in [0.15, 0.2) is 54.7 Å². The Morgan fingerprint density at radius 1 is 1.12 bits per heavy atom. The van der Waals surface area contributed by atoms with Crippen LogP contribution in [0.1, 0.15) is 48.0 Å². The Balaban J connectivity index is 1.66. The molecule has 0 spiro atoms. The summed E-state index contributed by atoms with van der Waals surface area (Å²) in [7, 11) is -3.38. The lowest BCUT2D eigenvalue weighted by atomic mass is 10.1. The topological polar surface area (TPSA) is 93.1 Å². The SMILES string of the molecule is CCc1c(C(=O)NCc2ccc(CS(=O)(=O)NC(C)C)cc2)cnn1-c1cccc(Cl)c1. The molecule has 0 aliphatic heterocycles. The third-order valence-electron chi connectivity index (χ3n) is 4.75. The van der Waals surface area contributed by atoms with E-state index in [1.807, 2.05) is 31.2 Å². The van der Waals surface area contributed by atoms with E-state index >= 15 is 0 Å². The Morgan fingerprint density at radius 3 is 2.44 bits per heavy atom. The summed E-state index contributed by atoms with van der Waals surface area (Å²) < 4.78 is 28.4. The maximum absolute atomic E-state index is 12.8. The molecule has 1 amide bonds. The molecule has 2 N–H and O–H groups in total. The van der Waals surface area contributed by atoms with Crippen LogP contribution in [0.25, 0.3) is 5.69 Å². The van der Waals surface area contributed by atoms with Crippen LogP contribution in [0, 0.1) is 0 Å². The highest BCUT2D eigenvalue weighted by Gasteiger charge is 2.17. The smallest absolute Gasteiger partial charge is 0.255 e. The number of benzene rings is 2. The van der Waals surface area contributed by atoms with Gasteiger partial charge in [-0.05, 0) is 49.6 Å². The number of nitrogens with zero attached hydrogens (tertiary/aromatic N) is 2. The fourth-order valence-corrected chi connectivity index (χ4v) is 5.00. The van der Waals surface area contributed by atoms with Gasteiger partial charge in [0.1, 0.15) is 0 Å². The van der Waals surface area contributed by atoms with Crippen LogP contribution in [-0.4, -0.2) is 30.1 Å². The van der Waals surface area contributed by atoms with Gasteiger partial charge in [-0.25, -0.2) is 17.8 Å². The Kier molecular flexibility index (Phi) is 7.71. The van der Waals surface area contributed by atoms with Crippen molar-refractivity contribution in [3.05, 3.63) is 82.1 Å². The van der Waals surface area contributed by atoms with E-state index in [4.69, 9.17) is 11.6 Å². The molecule has 0 atom stereocenters. The number of halogens is 1. The van der Waals surface area contributed by atoms with Crippen LogP contribution in [0.3, 0.4) is 0 Å². The van der Waals surface area contributed by atoms with E-state index in [0.717, 1.165) is 16.9 Å². The van der Waals surface area contributed by atoms with Gasteiger partial charge in [0.05, 0.1) is 28.9 Å². The minimum absolute atomic E-state index is 0.0830. The van der Waals surface area contributed by atoms with Gasteiger partial charge in [0, 0.05) is 17.6 Å². The monoisotopic (exact) mass is 474 g/mol. The number of amides is 1. The van der Waals surface area contributed by atoms with Crippen LogP contribution >= 0.6 is 11.6 Å². The summed E-state index contributed by atoms with van der Waals surface area (Å²) in [5.41, 5.74) is 3.66. The molecule has 0 unspecified atom stereocenters. The van der Waals surface area contributed by atoms with Gasteiger partial charge < -0.3 is 5.32 Å². The number of hydrogen-bond donors (Lipinski definition) is 2. The lowest BCUT2D eigenvalue weighted by molar-refractivity contribution is 0.0950. The minimum atomic E-state index is -3.38. The van der Waals surface area contributed by atoms with Gasteiger partial charge in [-0.15, -0.1) is 0 Å². The average Bonchev–Trinajstić information content (AvgIpc) is 3.16. The van der Waals surface area contributed by atoms with Crippen LogP contribution in [-0.2, 0) is 28.7 Å². The average molecular weight is 475 g/mol. The Hall–Kier alpha value is -2.68. The van der Waals surface area contributed by atoms with Crippen molar-refractivity contribution in [3.8, 4) is 5.69 Å². The molecular weight excluding hydrogens is 448 g/mol. The normalized spacial score (nSPS) is 11.7. The van der Waals surface area contributed by atoms with E-state index in [1.165, 1.54) is 0 Å². The second-order valence-corrected chi connectivity index (χ2v) is 9.97. The highest BCUT2D eigenvalue weighted by atomic mass is 35.5. The Labute approximate surface area is 193 Å². The van der Waals surface area contributed by atoms with Gasteiger partial charge >= 0.3 is 0 Å². The first kappa shape index (κ1) is 24.0. The fourth-order valence-electron chi connectivity index (χ4n) is 3.39. The van der Waals surface area contributed by atoms with Crippen LogP contribution in [0.4, 0.5) is 0 Å². The molecule has 1 heterocycles. The largest absolute Gasteiger partial charge is 0.348 e. The molecule has 7 nitrogen and oxygen atoms in total. The first-order valence-electron chi connectivity index (χ1n) is 10.4. The van der Waals surface area contributed by atoms with Crippen molar-refractivity contribution in [2.45, 2.75) is 45.5 Å². The quantitative estimate of drug-likeness (QED) is 0.492. The van der Waals surface area contributed by atoms with Crippen molar-refractivity contribution in [3.63, 3.8) is 0 Å². The molecule has 32 heavy (non-hydrogen) atoms. The zero-order valence-corrected chi connectivity index (χ0v) is 19.9. The number of nitrogens with one attached hydrogen (secondary N) is 2. The third kappa shape index (κ3) is 6.18. The summed E-state index contributed by atoms with van der Waals surface area (Å²) in [5.74, 6) is -0.302. The Morgan fingerprint density at radius 2 is 1.81 bits per heavy atom. The highest BCUT2D eigenvalue weighted by molar-refractivity contribution is 7.88. The number of aromatic nitrogens is 2. The molecule has 0 aliphatic rings. The van der Waals surface area contributed by atoms with Crippen molar-refractivity contribution in [1.29, 1.82) is 0 Å². The summed E-state index contributed by atoms with van der Waals surface area (Å²) >= 11 is 6.09. The maximum Gasteiger partial charge on any atom is 0.255 e.